The van der Waals surface area contributed by atoms with Crippen LogP contribution in [-0.4, -0.2) is 11.8 Å². The third-order valence-electron chi connectivity index (χ3n) is 11.6. The van der Waals surface area contributed by atoms with Gasteiger partial charge in [-0.3, -0.25) is 0 Å². The van der Waals surface area contributed by atoms with Crippen LogP contribution in [0.1, 0.15) is 25.0 Å². The average Bonchev–Trinajstić information content (AvgIpc) is 3.55. The van der Waals surface area contributed by atoms with Crippen LogP contribution >= 0.6 is 0 Å². The Hall–Kier alpha value is -6.32. The number of hydrogen-bond donors (Lipinski definition) is 1. The fourth-order valence-corrected chi connectivity index (χ4v) is 9.21. The van der Waals surface area contributed by atoms with Gasteiger partial charge in [0.1, 0.15) is 0 Å². The fraction of sp³-hybridized carbons (Fsp3) is 0.0612. The topological polar surface area (TPSA) is 17.0 Å². The van der Waals surface area contributed by atoms with Gasteiger partial charge in [-0.2, -0.15) is 0 Å². The van der Waals surface area contributed by atoms with Gasteiger partial charge in [-0.25, -0.2) is 0 Å². The third-order valence-corrected chi connectivity index (χ3v) is 11.6. The van der Waals surface area contributed by atoms with Gasteiger partial charge in [-0.15, -0.1) is 0 Å². The minimum atomic E-state index is -0.180. The van der Waals surface area contributed by atoms with E-state index in [2.05, 4.69) is 195 Å². The van der Waals surface area contributed by atoms with E-state index in [0.717, 1.165) is 11.4 Å². The van der Waals surface area contributed by atoms with E-state index in [-0.39, 0.29) is 5.41 Å². The highest BCUT2D eigenvalue weighted by atomic mass is 15.0. The molecule has 0 atom stereocenters. The number of hydrogen-bond acceptors (Lipinski definition) is 1. The number of para-hydroxylation sites is 3. The van der Waals surface area contributed by atoms with E-state index in [1.807, 2.05) is 0 Å². The normalized spacial score (nSPS) is 13.5. The van der Waals surface area contributed by atoms with Crippen molar-refractivity contribution >= 4 is 62.2 Å². The Morgan fingerprint density at radius 1 is 0.519 bits per heavy atom. The highest BCUT2D eigenvalue weighted by molar-refractivity contribution is 6.74. The van der Waals surface area contributed by atoms with E-state index in [9.17, 15) is 0 Å². The fourth-order valence-electron chi connectivity index (χ4n) is 9.21. The first-order valence-electron chi connectivity index (χ1n) is 18.2. The second-order valence-corrected chi connectivity index (χ2v) is 14.8. The number of nitrogens with one attached hydrogen (secondary N) is 1. The molecule has 0 saturated carbocycles. The molecule has 3 heterocycles. The molecule has 0 fully saturated rings. The molecule has 2 aliphatic heterocycles. The van der Waals surface area contributed by atoms with Crippen LogP contribution in [0.4, 0.5) is 11.4 Å². The van der Waals surface area contributed by atoms with Crippen LogP contribution < -0.4 is 16.2 Å². The summed E-state index contributed by atoms with van der Waals surface area (Å²) in [4.78, 5) is 0. The lowest BCUT2D eigenvalue weighted by Gasteiger charge is -2.38. The number of benzene rings is 8. The molecule has 11 rings (SSSR count). The van der Waals surface area contributed by atoms with Crippen molar-refractivity contribution in [1.29, 1.82) is 0 Å². The summed E-state index contributed by atoms with van der Waals surface area (Å²) in [6.07, 6.45) is 0. The van der Waals surface area contributed by atoms with Gasteiger partial charge in [-0.05, 0) is 85.5 Å². The summed E-state index contributed by atoms with van der Waals surface area (Å²) in [7, 11) is 2.46. The van der Waals surface area contributed by atoms with Crippen LogP contribution in [-0.2, 0) is 5.41 Å². The SMILES string of the molecule is CC1(C)c2cccc3c2-n2c4c(c(-c5ccccc5Nc5ccccc5)cc(-c5ccccc5-c5ccccc5)c4c4c5ccccc5cc1c42)[B]3. The molecule has 3 heteroatoms. The van der Waals surface area contributed by atoms with E-state index < -0.39 is 0 Å². The molecule has 1 radical (unpaired) electrons. The average molecular weight is 662 g/mol. The molecule has 2 nitrogen and oxygen atoms in total. The lowest BCUT2D eigenvalue weighted by Crippen LogP contribution is -2.41. The molecule has 8 aromatic carbocycles. The van der Waals surface area contributed by atoms with Gasteiger partial charge in [-0.1, -0.05) is 153 Å². The van der Waals surface area contributed by atoms with E-state index >= 15 is 0 Å². The van der Waals surface area contributed by atoms with Crippen molar-refractivity contribution in [2.24, 2.45) is 0 Å². The van der Waals surface area contributed by atoms with Crippen LogP contribution in [0.25, 0.3) is 71.6 Å². The van der Waals surface area contributed by atoms with Crippen molar-refractivity contribution in [3.05, 3.63) is 175 Å². The number of rotatable bonds is 5. The van der Waals surface area contributed by atoms with Gasteiger partial charge in [0, 0.05) is 44.3 Å². The van der Waals surface area contributed by atoms with E-state index in [4.69, 9.17) is 0 Å². The molecule has 9 aromatic rings. The monoisotopic (exact) mass is 661 g/mol. The molecule has 1 aromatic heterocycles. The van der Waals surface area contributed by atoms with E-state index in [1.165, 1.54) is 93.7 Å². The maximum Gasteiger partial charge on any atom is 0.197 e. The molecule has 0 amide bonds. The molecule has 0 unspecified atom stereocenters. The molecule has 0 bridgehead atoms. The summed E-state index contributed by atoms with van der Waals surface area (Å²) in [6, 6.07) is 60.0. The molecule has 1 N–H and O–H groups in total. The predicted molar refractivity (Wildman–Crippen MR) is 221 cm³/mol. The van der Waals surface area contributed by atoms with Crippen molar-refractivity contribution < 1.29 is 0 Å². The second kappa shape index (κ2) is 10.8. The molecule has 52 heavy (non-hydrogen) atoms. The van der Waals surface area contributed by atoms with Gasteiger partial charge in [0.2, 0.25) is 0 Å². The van der Waals surface area contributed by atoms with Gasteiger partial charge in [0.15, 0.2) is 7.28 Å². The van der Waals surface area contributed by atoms with Crippen LogP contribution in [0.15, 0.2) is 164 Å². The summed E-state index contributed by atoms with van der Waals surface area (Å²) in [5.74, 6) is 0. The zero-order valence-corrected chi connectivity index (χ0v) is 29.1. The van der Waals surface area contributed by atoms with Crippen LogP contribution in [0.3, 0.4) is 0 Å². The maximum absolute atomic E-state index is 3.78. The Morgan fingerprint density at radius 2 is 1.21 bits per heavy atom. The summed E-state index contributed by atoms with van der Waals surface area (Å²) >= 11 is 0. The van der Waals surface area contributed by atoms with E-state index in [1.54, 1.807) is 0 Å². The minimum absolute atomic E-state index is 0.180. The minimum Gasteiger partial charge on any atom is -0.355 e. The third kappa shape index (κ3) is 4.02. The smallest absolute Gasteiger partial charge is 0.197 e. The Kier molecular flexibility index (Phi) is 6.13. The van der Waals surface area contributed by atoms with Crippen molar-refractivity contribution in [1.82, 2.24) is 4.57 Å². The van der Waals surface area contributed by atoms with Crippen LogP contribution in [0, 0.1) is 0 Å². The van der Waals surface area contributed by atoms with Gasteiger partial charge in [0.05, 0.1) is 5.52 Å². The van der Waals surface area contributed by atoms with Crippen LogP contribution in [0.5, 0.6) is 0 Å². The van der Waals surface area contributed by atoms with Crippen molar-refractivity contribution in [3.63, 3.8) is 0 Å². The van der Waals surface area contributed by atoms with Gasteiger partial charge in [0.25, 0.3) is 0 Å². The highest BCUT2D eigenvalue weighted by Gasteiger charge is 2.40. The van der Waals surface area contributed by atoms with Crippen LogP contribution in [0.2, 0.25) is 0 Å². The molecule has 0 aliphatic carbocycles. The molecule has 2 aliphatic rings. The zero-order chi connectivity index (χ0) is 34.6. The predicted octanol–water partition coefficient (Wildman–Crippen LogP) is 11.3. The first kappa shape index (κ1) is 29.4. The first-order chi connectivity index (χ1) is 25.6. The standard InChI is InChI=1S/C49H34BN2/c1-49(2)39-25-15-26-41-46(39)52-47-40(49)28-31-18-9-10-22-34(31)43(47)44-37(35-23-12-11-21-33(35)30-16-5-3-6-17-30)29-38(45(50-41)48(44)52)36-24-13-14-27-42(36)51-32-19-7-4-8-20-32/h3-29,51H,1-2H3. The second-order valence-electron chi connectivity index (χ2n) is 14.8. The molecule has 0 saturated heterocycles. The Balaban J connectivity index is 1.36. The van der Waals surface area contributed by atoms with Gasteiger partial charge >= 0.3 is 0 Å². The number of aromatic nitrogens is 1. The molecule has 243 valence electrons. The quantitative estimate of drug-likeness (QED) is 0.182. The largest absolute Gasteiger partial charge is 0.355 e. The summed E-state index contributed by atoms with van der Waals surface area (Å²) in [5.41, 5.74) is 18.5. The summed E-state index contributed by atoms with van der Waals surface area (Å²) in [6.45, 7) is 4.82. The zero-order valence-electron chi connectivity index (χ0n) is 29.1. The number of anilines is 2. The number of fused-ring (bicyclic) bond motifs is 3. The summed E-state index contributed by atoms with van der Waals surface area (Å²) in [5, 5.41) is 9.02. The van der Waals surface area contributed by atoms with Gasteiger partial charge < -0.3 is 9.88 Å². The highest BCUT2D eigenvalue weighted by Crippen LogP contribution is 2.53. The Morgan fingerprint density at radius 3 is 2.04 bits per heavy atom. The molecular weight excluding hydrogens is 627 g/mol. The van der Waals surface area contributed by atoms with Crippen molar-refractivity contribution in [3.8, 4) is 39.1 Å². The Bertz CT molecular complexity index is 2920. The van der Waals surface area contributed by atoms with Crippen molar-refractivity contribution in [2.75, 3.05) is 5.32 Å². The first-order valence-corrected chi connectivity index (χ1v) is 18.2. The number of nitrogens with zero attached hydrogens (tertiary/aromatic N) is 1. The molecule has 0 spiro atoms. The summed E-state index contributed by atoms with van der Waals surface area (Å²) < 4.78 is 2.64. The Labute approximate surface area is 304 Å². The lowest BCUT2D eigenvalue weighted by atomic mass is 9.57. The van der Waals surface area contributed by atoms with E-state index in [0.29, 0.717) is 0 Å². The van der Waals surface area contributed by atoms with Crippen molar-refractivity contribution in [2.45, 2.75) is 19.3 Å². The molecular formula is C49H34BN2. The maximum atomic E-state index is 3.78. The lowest BCUT2D eigenvalue weighted by molar-refractivity contribution is 0.632.